The van der Waals surface area contributed by atoms with E-state index in [1.807, 2.05) is 13.0 Å². The minimum Gasteiger partial charge on any atom is -0.361 e. The van der Waals surface area contributed by atoms with Crippen LogP contribution in [0.15, 0.2) is 10.6 Å². The molecule has 1 atom stereocenters. The van der Waals surface area contributed by atoms with Gasteiger partial charge in [-0.25, -0.2) is 0 Å². The summed E-state index contributed by atoms with van der Waals surface area (Å²) >= 11 is 0. The summed E-state index contributed by atoms with van der Waals surface area (Å²) in [7, 11) is 2.08. The van der Waals surface area contributed by atoms with Crippen molar-refractivity contribution in [2.45, 2.75) is 40.3 Å². The summed E-state index contributed by atoms with van der Waals surface area (Å²) in [5, 5.41) is 4.00. The van der Waals surface area contributed by atoms with Crippen molar-refractivity contribution in [2.24, 2.45) is 11.1 Å². The number of nitrogens with zero attached hydrogens (tertiary/aromatic N) is 2. The van der Waals surface area contributed by atoms with E-state index in [-0.39, 0.29) is 5.41 Å². The average Bonchev–Trinajstić information content (AvgIpc) is 2.49. The predicted molar refractivity (Wildman–Crippen MR) is 65.0 cm³/mol. The summed E-state index contributed by atoms with van der Waals surface area (Å²) in [6.45, 7) is 9.94. The predicted octanol–water partition coefficient (Wildman–Crippen LogP) is 1.79. The van der Waals surface area contributed by atoms with E-state index in [1.165, 1.54) is 0 Å². The number of rotatable bonds is 4. The Morgan fingerprint density at radius 3 is 2.50 bits per heavy atom. The zero-order valence-corrected chi connectivity index (χ0v) is 10.9. The summed E-state index contributed by atoms with van der Waals surface area (Å²) in [6, 6.07) is 2.30. The molecule has 1 unspecified atom stereocenters. The van der Waals surface area contributed by atoms with Crippen LogP contribution in [0.1, 0.15) is 32.2 Å². The number of aryl methyl sites for hydroxylation is 1. The second-order valence-electron chi connectivity index (χ2n) is 5.46. The lowest BCUT2D eigenvalue weighted by Crippen LogP contribution is -2.46. The van der Waals surface area contributed by atoms with Gasteiger partial charge in [-0.15, -0.1) is 0 Å². The van der Waals surface area contributed by atoms with E-state index in [0.717, 1.165) is 18.0 Å². The molecule has 0 aliphatic carbocycles. The quantitative estimate of drug-likeness (QED) is 0.848. The first-order valence-corrected chi connectivity index (χ1v) is 5.67. The molecule has 1 aromatic heterocycles. The standard InChI is InChI=1S/C12H23N3O/c1-9-6-10(14-16-9)8-15(5)11(7-13)12(2,3)4/h6,11H,7-8,13H2,1-5H3. The van der Waals surface area contributed by atoms with Crippen molar-refractivity contribution < 1.29 is 4.52 Å². The van der Waals surface area contributed by atoms with Crippen LogP contribution in [-0.2, 0) is 6.54 Å². The second-order valence-corrected chi connectivity index (χ2v) is 5.46. The summed E-state index contributed by atoms with van der Waals surface area (Å²) in [5.41, 5.74) is 6.96. The monoisotopic (exact) mass is 225 g/mol. The molecule has 0 fully saturated rings. The minimum atomic E-state index is 0.169. The van der Waals surface area contributed by atoms with Gasteiger partial charge in [0, 0.05) is 25.2 Å². The molecule has 1 aromatic rings. The van der Waals surface area contributed by atoms with Crippen LogP contribution < -0.4 is 5.73 Å². The third kappa shape index (κ3) is 3.32. The van der Waals surface area contributed by atoms with Gasteiger partial charge in [0.15, 0.2) is 0 Å². The fraction of sp³-hybridized carbons (Fsp3) is 0.750. The Balaban J connectivity index is 2.66. The highest BCUT2D eigenvalue weighted by Crippen LogP contribution is 2.23. The first kappa shape index (κ1) is 13.2. The highest BCUT2D eigenvalue weighted by atomic mass is 16.5. The van der Waals surface area contributed by atoms with E-state index in [0.29, 0.717) is 12.6 Å². The Morgan fingerprint density at radius 2 is 2.12 bits per heavy atom. The van der Waals surface area contributed by atoms with Gasteiger partial charge < -0.3 is 10.3 Å². The molecule has 0 bridgehead atoms. The molecule has 0 aliphatic heterocycles. The summed E-state index contributed by atoms with van der Waals surface area (Å²) < 4.78 is 5.06. The van der Waals surface area contributed by atoms with Gasteiger partial charge in [-0.05, 0) is 19.4 Å². The van der Waals surface area contributed by atoms with E-state index >= 15 is 0 Å². The molecule has 2 N–H and O–H groups in total. The van der Waals surface area contributed by atoms with Gasteiger partial charge in [-0.3, -0.25) is 4.90 Å². The molecule has 0 saturated carbocycles. The minimum absolute atomic E-state index is 0.169. The Morgan fingerprint density at radius 1 is 1.50 bits per heavy atom. The van der Waals surface area contributed by atoms with Gasteiger partial charge in [-0.1, -0.05) is 25.9 Å². The Labute approximate surface area is 97.8 Å². The molecule has 0 radical (unpaired) electrons. The maximum Gasteiger partial charge on any atom is 0.133 e. The van der Waals surface area contributed by atoms with Crippen LogP contribution in [0.2, 0.25) is 0 Å². The molecule has 0 amide bonds. The van der Waals surface area contributed by atoms with Crippen molar-refractivity contribution in [3.63, 3.8) is 0 Å². The van der Waals surface area contributed by atoms with Crippen molar-refractivity contribution in [2.75, 3.05) is 13.6 Å². The van der Waals surface area contributed by atoms with Crippen molar-refractivity contribution >= 4 is 0 Å². The molecule has 92 valence electrons. The van der Waals surface area contributed by atoms with E-state index in [1.54, 1.807) is 0 Å². The molecule has 4 nitrogen and oxygen atoms in total. The molecule has 4 heteroatoms. The van der Waals surface area contributed by atoms with Crippen molar-refractivity contribution in [3.8, 4) is 0 Å². The van der Waals surface area contributed by atoms with Crippen molar-refractivity contribution in [1.82, 2.24) is 10.1 Å². The summed E-state index contributed by atoms with van der Waals surface area (Å²) in [4.78, 5) is 2.23. The molecule has 1 heterocycles. The van der Waals surface area contributed by atoms with Gasteiger partial charge in [0.05, 0.1) is 5.69 Å². The Hall–Kier alpha value is -0.870. The van der Waals surface area contributed by atoms with Gasteiger partial charge in [0.2, 0.25) is 0 Å². The first-order valence-electron chi connectivity index (χ1n) is 5.67. The third-order valence-electron chi connectivity index (χ3n) is 2.84. The molecular weight excluding hydrogens is 202 g/mol. The molecule has 0 aromatic carbocycles. The van der Waals surface area contributed by atoms with Crippen LogP contribution in [0.4, 0.5) is 0 Å². The zero-order valence-electron chi connectivity index (χ0n) is 10.9. The average molecular weight is 225 g/mol. The molecule has 0 aliphatic rings. The third-order valence-corrected chi connectivity index (χ3v) is 2.84. The lowest BCUT2D eigenvalue weighted by atomic mass is 9.86. The maximum absolute atomic E-state index is 5.83. The first-order chi connectivity index (χ1) is 7.34. The largest absolute Gasteiger partial charge is 0.361 e. The van der Waals surface area contributed by atoms with Crippen molar-refractivity contribution in [3.05, 3.63) is 17.5 Å². The highest BCUT2D eigenvalue weighted by Gasteiger charge is 2.27. The van der Waals surface area contributed by atoms with Gasteiger partial charge in [0.1, 0.15) is 5.76 Å². The topological polar surface area (TPSA) is 55.3 Å². The fourth-order valence-electron chi connectivity index (χ4n) is 2.05. The smallest absolute Gasteiger partial charge is 0.133 e. The SMILES string of the molecule is Cc1cc(CN(C)C(CN)C(C)(C)C)no1. The summed E-state index contributed by atoms with van der Waals surface area (Å²) in [5.74, 6) is 0.850. The number of nitrogens with two attached hydrogens (primary N) is 1. The second kappa shape index (κ2) is 4.97. The van der Waals surface area contributed by atoms with Crippen LogP contribution in [0.25, 0.3) is 0 Å². The van der Waals surface area contributed by atoms with Crippen molar-refractivity contribution in [1.29, 1.82) is 0 Å². The van der Waals surface area contributed by atoms with E-state index < -0.39 is 0 Å². The normalized spacial score (nSPS) is 14.4. The van der Waals surface area contributed by atoms with Gasteiger partial charge in [-0.2, -0.15) is 0 Å². The van der Waals surface area contributed by atoms with Crippen LogP contribution in [0.5, 0.6) is 0 Å². The van der Waals surface area contributed by atoms with Crippen LogP contribution in [-0.4, -0.2) is 29.7 Å². The molecule has 0 spiro atoms. The van der Waals surface area contributed by atoms with Gasteiger partial charge >= 0.3 is 0 Å². The molecule has 0 saturated heterocycles. The lowest BCUT2D eigenvalue weighted by molar-refractivity contribution is 0.123. The maximum atomic E-state index is 5.83. The summed E-state index contributed by atoms with van der Waals surface area (Å²) in [6.07, 6.45) is 0. The molecule has 1 rings (SSSR count). The Bertz CT molecular complexity index is 327. The van der Waals surface area contributed by atoms with E-state index in [4.69, 9.17) is 10.3 Å². The van der Waals surface area contributed by atoms with E-state index in [9.17, 15) is 0 Å². The van der Waals surface area contributed by atoms with Crippen LogP contribution >= 0.6 is 0 Å². The fourth-order valence-corrected chi connectivity index (χ4v) is 2.05. The number of hydrogen-bond acceptors (Lipinski definition) is 4. The van der Waals surface area contributed by atoms with Crippen LogP contribution in [0, 0.1) is 12.3 Å². The number of hydrogen-bond donors (Lipinski definition) is 1. The zero-order chi connectivity index (χ0) is 12.3. The number of likely N-dealkylation sites (N-methyl/N-ethyl adjacent to an activating group) is 1. The molecule has 16 heavy (non-hydrogen) atoms. The number of aromatic nitrogens is 1. The highest BCUT2D eigenvalue weighted by molar-refractivity contribution is 5.03. The van der Waals surface area contributed by atoms with Gasteiger partial charge in [0.25, 0.3) is 0 Å². The van der Waals surface area contributed by atoms with Crippen LogP contribution in [0.3, 0.4) is 0 Å². The lowest BCUT2D eigenvalue weighted by Gasteiger charge is -2.36. The molecular formula is C12H23N3O. The Kier molecular flexibility index (Phi) is 4.10. The van der Waals surface area contributed by atoms with E-state index in [2.05, 4.69) is 37.9 Å².